The molecule has 18 heavy (non-hydrogen) atoms. The van der Waals surface area contributed by atoms with Crippen LogP contribution in [0.4, 0.5) is 0 Å². The molecule has 1 aromatic carbocycles. The summed E-state index contributed by atoms with van der Waals surface area (Å²) in [5.41, 5.74) is 1.82. The monoisotopic (exact) mass is 238 g/mol. The van der Waals surface area contributed by atoms with Gasteiger partial charge in [-0.2, -0.15) is 5.26 Å². The van der Waals surface area contributed by atoms with Crippen molar-refractivity contribution in [1.29, 1.82) is 5.26 Å². The second-order valence-electron chi connectivity index (χ2n) is 3.64. The molecule has 88 valence electrons. The number of ether oxygens (including phenoxy) is 1. The molecule has 0 saturated carbocycles. The summed E-state index contributed by atoms with van der Waals surface area (Å²) in [6.07, 6.45) is 1.61. The quantitative estimate of drug-likeness (QED) is 0.754. The average Bonchev–Trinajstić information content (AvgIpc) is 2.39. The summed E-state index contributed by atoms with van der Waals surface area (Å²) in [7, 11) is 0. The van der Waals surface area contributed by atoms with Gasteiger partial charge in [-0.1, -0.05) is 12.1 Å². The normalized spacial score (nSPS) is 9.56. The van der Waals surface area contributed by atoms with Gasteiger partial charge >= 0.3 is 5.97 Å². The molecule has 4 heteroatoms. The number of rotatable bonds is 2. The SMILES string of the molecule is CC(=O)Oc1cccnc1-c1cccc(C#N)c1. The summed E-state index contributed by atoms with van der Waals surface area (Å²) in [4.78, 5) is 15.2. The molecule has 1 aromatic heterocycles. The van der Waals surface area contributed by atoms with Crippen molar-refractivity contribution in [2.75, 3.05) is 0 Å². The third-order valence-electron chi connectivity index (χ3n) is 2.29. The van der Waals surface area contributed by atoms with E-state index in [0.717, 1.165) is 5.56 Å². The average molecular weight is 238 g/mol. The molecule has 0 fully saturated rings. The Morgan fingerprint density at radius 1 is 1.33 bits per heavy atom. The lowest BCUT2D eigenvalue weighted by molar-refractivity contribution is -0.131. The molecule has 0 aliphatic rings. The van der Waals surface area contributed by atoms with Crippen LogP contribution in [-0.4, -0.2) is 11.0 Å². The second-order valence-corrected chi connectivity index (χ2v) is 3.64. The van der Waals surface area contributed by atoms with Crippen molar-refractivity contribution < 1.29 is 9.53 Å². The maximum atomic E-state index is 11.0. The topological polar surface area (TPSA) is 63.0 Å². The number of hydrogen-bond acceptors (Lipinski definition) is 4. The number of nitrogens with zero attached hydrogens (tertiary/aromatic N) is 2. The summed E-state index contributed by atoms with van der Waals surface area (Å²) in [6.45, 7) is 1.34. The fourth-order valence-electron chi connectivity index (χ4n) is 1.58. The Hall–Kier alpha value is -2.67. The molecule has 0 atom stereocenters. The van der Waals surface area contributed by atoms with Crippen LogP contribution in [-0.2, 0) is 4.79 Å². The van der Waals surface area contributed by atoms with Gasteiger partial charge in [0.05, 0.1) is 11.6 Å². The molecule has 0 N–H and O–H groups in total. The Morgan fingerprint density at radius 2 is 2.17 bits per heavy atom. The fraction of sp³-hybridized carbons (Fsp3) is 0.0714. The lowest BCUT2D eigenvalue weighted by atomic mass is 10.1. The van der Waals surface area contributed by atoms with Gasteiger partial charge in [0.2, 0.25) is 0 Å². The molecule has 0 bridgehead atoms. The van der Waals surface area contributed by atoms with E-state index in [1.807, 2.05) is 6.07 Å². The number of carbonyl (C=O) groups is 1. The summed E-state index contributed by atoms with van der Waals surface area (Å²) in [5.74, 6) is -0.0132. The molecule has 0 spiro atoms. The highest BCUT2D eigenvalue weighted by Crippen LogP contribution is 2.27. The third kappa shape index (κ3) is 2.53. The van der Waals surface area contributed by atoms with Gasteiger partial charge in [0, 0.05) is 18.7 Å². The second kappa shape index (κ2) is 5.11. The van der Waals surface area contributed by atoms with Crippen molar-refractivity contribution in [3.63, 3.8) is 0 Å². The number of pyridine rings is 1. The predicted octanol–water partition coefficient (Wildman–Crippen LogP) is 2.55. The number of benzene rings is 1. The van der Waals surface area contributed by atoms with E-state index in [4.69, 9.17) is 10.00 Å². The third-order valence-corrected chi connectivity index (χ3v) is 2.29. The van der Waals surface area contributed by atoms with Crippen LogP contribution in [0.15, 0.2) is 42.6 Å². The molecule has 0 radical (unpaired) electrons. The minimum absolute atomic E-state index is 0.389. The Kier molecular flexibility index (Phi) is 3.35. The molecule has 0 amide bonds. The van der Waals surface area contributed by atoms with E-state index < -0.39 is 5.97 Å². The first kappa shape index (κ1) is 11.8. The molecule has 2 rings (SSSR count). The highest BCUT2D eigenvalue weighted by Gasteiger charge is 2.09. The lowest BCUT2D eigenvalue weighted by Crippen LogP contribution is -2.03. The number of hydrogen-bond donors (Lipinski definition) is 0. The molecule has 1 heterocycles. The molecule has 0 aliphatic heterocycles. The highest BCUT2D eigenvalue weighted by molar-refractivity contribution is 5.74. The van der Waals surface area contributed by atoms with Crippen LogP contribution in [0.3, 0.4) is 0 Å². The lowest BCUT2D eigenvalue weighted by Gasteiger charge is -2.07. The molecule has 0 saturated heterocycles. The Labute approximate surface area is 104 Å². The van der Waals surface area contributed by atoms with E-state index in [9.17, 15) is 4.79 Å². The maximum absolute atomic E-state index is 11.0. The predicted molar refractivity (Wildman–Crippen MR) is 65.7 cm³/mol. The van der Waals surface area contributed by atoms with E-state index in [2.05, 4.69) is 11.1 Å². The Bertz CT molecular complexity index is 630. The zero-order chi connectivity index (χ0) is 13.0. The van der Waals surface area contributed by atoms with E-state index in [0.29, 0.717) is 17.0 Å². The molecule has 2 aromatic rings. The zero-order valence-corrected chi connectivity index (χ0v) is 9.75. The van der Waals surface area contributed by atoms with Gasteiger partial charge in [0.1, 0.15) is 5.69 Å². The summed E-state index contributed by atoms with van der Waals surface area (Å²) >= 11 is 0. The standard InChI is InChI=1S/C14H10N2O2/c1-10(17)18-13-6-3-7-16-14(13)12-5-2-4-11(8-12)9-15/h2-8H,1H3. The Morgan fingerprint density at radius 3 is 2.89 bits per heavy atom. The maximum Gasteiger partial charge on any atom is 0.308 e. The van der Waals surface area contributed by atoms with Gasteiger partial charge in [-0.25, -0.2) is 0 Å². The largest absolute Gasteiger partial charge is 0.424 e. The van der Waals surface area contributed by atoms with Gasteiger partial charge in [-0.05, 0) is 24.3 Å². The van der Waals surface area contributed by atoms with Gasteiger partial charge in [0.15, 0.2) is 5.75 Å². The number of carbonyl (C=O) groups excluding carboxylic acids is 1. The van der Waals surface area contributed by atoms with Crippen molar-refractivity contribution in [1.82, 2.24) is 4.98 Å². The van der Waals surface area contributed by atoms with Crippen molar-refractivity contribution in [2.24, 2.45) is 0 Å². The smallest absolute Gasteiger partial charge is 0.308 e. The molecular weight excluding hydrogens is 228 g/mol. The van der Waals surface area contributed by atoms with Crippen LogP contribution in [0.2, 0.25) is 0 Å². The highest BCUT2D eigenvalue weighted by atomic mass is 16.5. The molecular formula is C14H10N2O2. The summed E-state index contributed by atoms with van der Waals surface area (Å²) < 4.78 is 5.09. The van der Waals surface area contributed by atoms with Crippen LogP contribution in [0.25, 0.3) is 11.3 Å². The molecule has 0 aliphatic carbocycles. The van der Waals surface area contributed by atoms with Crippen LogP contribution >= 0.6 is 0 Å². The van der Waals surface area contributed by atoms with Gasteiger partial charge in [-0.15, -0.1) is 0 Å². The van der Waals surface area contributed by atoms with Gasteiger partial charge in [-0.3, -0.25) is 9.78 Å². The van der Waals surface area contributed by atoms with Crippen molar-refractivity contribution in [3.05, 3.63) is 48.2 Å². The van der Waals surface area contributed by atoms with Crippen molar-refractivity contribution >= 4 is 5.97 Å². The minimum Gasteiger partial charge on any atom is -0.424 e. The van der Waals surface area contributed by atoms with Gasteiger partial charge in [0.25, 0.3) is 0 Å². The number of nitriles is 1. The molecule has 4 nitrogen and oxygen atoms in total. The summed E-state index contributed by atoms with van der Waals surface area (Å²) in [6, 6.07) is 12.4. The van der Waals surface area contributed by atoms with Crippen LogP contribution in [0.1, 0.15) is 12.5 Å². The number of aromatic nitrogens is 1. The number of esters is 1. The van der Waals surface area contributed by atoms with E-state index >= 15 is 0 Å². The Balaban J connectivity index is 2.50. The van der Waals surface area contributed by atoms with E-state index in [1.54, 1.807) is 36.5 Å². The first-order valence-electron chi connectivity index (χ1n) is 5.34. The van der Waals surface area contributed by atoms with Crippen LogP contribution in [0.5, 0.6) is 5.75 Å². The van der Waals surface area contributed by atoms with E-state index in [-0.39, 0.29) is 0 Å². The van der Waals surface area contributed by atoms with Gasteiger partial charge < -0.3 is 4.74 Å². The first-order valence-corrected chi connectivity index (χ1v) is 5.34. The zero-order valence-electron chi connectivity index (χ0n) is 9.75. The first-order chi connectivity index (χ1) is 8.70. The van der Waals surface area contributed by atoms with Crippen LogP contribution in [0, 0.1) is 11.3 Å². The van der Waals surface area contributed by atoms with Crippen LogP contribution < -0.4 is 4.74 Å². The fourth-order valence-corrected chi connectivity index (χ4v) is 1.58. The van der Waals surface area contributed by atoms with E-state index in [1.165, 1.54) is 6.92 Å². The molecule has 0 unspecified atom stereocenters. The van der Waals surface area contributed by atoms with Crippen molar-refractivity contribution in [3.8, 4) is 23.1 Å². The summed E-state index contributed by atoms with van der Waals surface area (Å²) in [5, 5.41) is 8.87. The van der Waals surface area contributed by atoms with Crippen molar-refractivity contribution in [2.45, 2.75) is 6.92 Å². The minimum atomic E-state index is -0.402.